The molecule has 23 heavy (non-hydrogen) atoms. The molecule has 132 valence electrons. The van der Waals surface area contributed by atoms with Crippen LogP contribution >= 0.6 is 11.3 Å². The lowest BCUT2D eigenvalue weighted by Gasteiger charge is -2.15. The van der Waals surface area contributed by atoms with Crippen LogP contribution in [-0.4, -0.2) is 46.8 Å². The van der Waals surface area contributed by atoms with Gasteiger partial charge in [-0.2, -0.15) is 0 Å². The predicted octanol–water partition coefficient (Wildman–Crippen LogP) is 1.42. The number of hydrogen-bond acceptors (Lipinski definition) is 4. The Morgan fingerprint density at radius 1 is 1.35 bits per heavy atom. The number of rotatable bonds is 10. The van der Waals surface area contributed by atoms with Crippen molar-refractivity contribution in [3.8, 4) is 0 Å². The Labute approximate surface area is 143 Å². The molecule has 0 saturated carbocycles. The van der Waals surface area contributed by atoms with Gasteiger partial charge in [-0.3, -0.25) is 4.99 Å². The fourth-order valence-electron chi connectivity index (χ4n) is 1.96. The Hall–Kier alpha value is -1.12. The van der Waals surface area contributed by atoms with Crippen molar-refractivity contribution >= 4 is 27.3 Å². The summed E-state index contributed by atoms with van der Waals surface area (Å²) in [5, 5.41) is 8.60. The summed E-state index contributed by atoms with van der Waals surface area (Å²) in [6.07, 6.45) is 1.77. The third-order valence-corrected chi connectivity index (χ3v) is 5.62. The maximum absolute atomic E-state index is 11.3. The molecule has 0 bridgehead atoms. The van der Waals surface area contributed by atoms with Gasteiger partial charge < -0.3 is 10.6 Å². The SMILES string of the molecule is CCS(=O)(=O)NCCCNC(=NC)NCC(C)Cc1cccs1. The quantitative estimate of drug-likeness (QED) is 0.335. The van der Waals surface area contributed by atoms with Gasteiger partial charge in [0.15, 0.2) is 5.96 Å². The van der Waals surface area contributed by atoms with E-state index in [0.29, 0.717) is 25.4 Å². The van der Waals surface area contributed by atoms with E-state index in [9.17, 15) is 8.42 Å². The lowest BCUT2D eigenvalue weighted by Crippen LogP contribution is -2.40. The van der Waals surface area contributed by atoms with Crippen LogP contribution in [0.5, 0.6) is 0 Å². The highest BCUT2D eigenvalue weighted by Crippen LogP contribution is 2.13. The summed E-state index contributed by atoms with van der Waals surface area (Å²) in [6, 6.07) is 4.24. The lowest BCUT2D eigenvalue weighted by molar-refractivity contribution is 0.560. The van der Waals surface area contributed by atoms with Gasteiger partial charge in [0.25, 0.3) is 0 Å². The molecule has 0 aliphatic heterocycles. The van der Waals surface area contributed by atoms with E-state index in [1.807, 2.05) is 0 Å². The Bertz CT molecular complexity index is 556. The van der Waals surface area contributed by atoms with Gasteiger partial charge in [0.2, 0.25) is 10.0 Å². The minimum atomic E-state index is -3.09. The molecule has 0 spiro atoms. The van der Waals surface area contributed by atoms with Crippen LogP contribution in [0.2, 0.25) is 0 Å². The molecule has 0 aliphatic carbocycles. The van der Waals surface area contributed by atoms with E-state index >= 15 is 0 Å². The summed E-state index contributed by atoms with van der Waals surface area (Å²) in [5.41, 5.74) is 0. The molecule has 0 radical (unpaired) electrons. The zero-order valence-electron chi connectivity index (χ0n) is 14.1. The number of hydrogen-bond donors (Lipinski definition) is 3. The highest BCUT2D eigenvalue weighted by atomic mass is 32.2. The number of nitrogens with one attached hydrogen (secondary N) is 3. The van der Waals surface area contributed by atoms with Gasteiger partial charge in [0, 0.05) is 31.6 Å². The maximum Gasteiger partial charge on any atom is 0.211 e. The summed E-state index contributed by atoms with van der Waals surface area (Å²) >= 11 is 1.78. The summed E-state index contributed by atoms with van der Waals surface area (Å²) in [4.78, 5) is 5.57. The Morgan fingerprint density at radius 2 is 2.13 bits per heavy atom. The first kappa shape index (κ1) is 19.9. The Balaban J connectivity index is 2.17. The van der Waals surface area contributed by atoms with E-state index in [1.54, 1.807) is 25.3 Å². The molecule has 1 rings (SSSR count). The van der Waals surface area contributed by atoms with Crippen LogP contribution in [0, 0.1) is 5.92 Å². The average Bonchev–Trinajstić information content (AvgIpc) is 3.02. The summed E-state index contributed by atoms with van der Waals surface area (Å²) < 4.78 is 25.1. The van der Waals surface area contributed by atoms with Crippen molar-refractivity contribution in [1.29, 1.82) is 0 Å². The number of aliphatic imine (C=N–C) groups is 1. The molecule has 1 aromatic heterocycles. The van der Waals surface area contributed by atoms with Gasteiger partial charge in [0.05, 0.1) is 5.75 Å². The summed E-state index contributed by atoms with van der Waals surface area (Å²) in [6.45, 7) is 5.80. The van der Waals surface area contributed by atoms with E-state index in [2.05, 4.69) is 44.8 Å². The molecular formula is C15H28N4O2S2. The molecule has 0 saturated heterocycles. The number of nitrogens with zero attached hydrogens (tertiary/aromatic N) is 1. The van der Waals surface area contributed by atoms with Crippen LogP contribution in [-0.2, 0) is 16.4 Å². The van der Waals surface area contributed by atoms with Crippen molar-refractivity contribution < 1.29 is 8.42 Å². The maximum atomic E-state index is 11.3. The van der Waals surface area contributed by atoms with Crippen LogP contribution in [0.3, 0.4) is 0 Å². The van der Waals surface area contributed by atoms with Gasteiger partial charge in [-0.05, 0) is 37.1 Å². The number of sulfonamides is 1. The molecule has 1 aromatic rings. The molecule has 8 heteroatoms. The van der Waals surface area contributed by atoms with Crippen LogP contribution < -0.4 is 15.4 Å². The molecule has 0 fully saturated rings. The van der Waals surface area contributed by atoms with E-state index in [1.165, 1.54) is 4.88 Å². The largest absolute Gasteiger partial charge is 0.356 e. The lowest BCUT2D eigenvalue weighted by atomic mass is 10.1. The monoisotopic (exact) mass is 360 g/mol. The molecule has 6 nitrogen and oxygen atoms in total. The van der Waals surface area contributed by atoms with Gasteiger partial charge in [0.1, 0.15) is 0 Å². The zero-order valence-corrected chi connectivity index (χ0v) is 15.8. The minimum absolute atomic E-state index is 0.117. The van der Waals surface area contributed by atoms with E-state index in [0.717, 1.165) is 18.9 Å². The molecule has 0 aromatic carbocycles. The molecule has 1 heterocycles. The standard InChI is InChI=1S/C15H28N4O2S2/c1-4-23(20,21)19-9-6-8-17-15(16-3)18-12-13(2)11-14-7-5-10-22-14/h5,7,10,13,19H,4,6,8-9,11-12H2,1-3H3,(H2,16,17,18). The van der Waals surface area contributed by atoms with Crippen molar-refractivity contribution in [1.82, 2.24) is 15.4 Å². The molecule has 3 N–H and O–H groups in total. The summed E-state index contributed by atoms with van der Waals surface area (Å²) in [5.74, 6) is 1.39. The first-order valence-corrected chi connectivity index (χ1v) is 10.4. The van der Waals surface area contributed by atoms with Crippen LogP contribution in [0.15, 0.2) is 22.5 Å². The fraction of sp³-hybridized carbons (Fsp3) is 0.667. The molecular weight excluding hydrogens is 332 g/mol. The van der Waals surface area contributed by atoms with Crippen molar-refractivity contribution in [2.24, 2.45) is 10.9 Å². The third-order valence-electron chi connectivity index (χ3n) is 3.32. The van der Waals surface area contributed by atoms with Gasteiger partial charge in [-0.1, -0.05) is 13.0 Å². The van der Waals surface area contributed by atoms with Crippen molar-refractivity contribution in [3.05, 3.63) is 22.4 Å². The smallest absolute Gasteiger partial charge is 0.211 e. The number of guanidine groups is 1. The normalized spacial score (nSPS) is 13.8. The molecule has 1 unspecified atom stereocenters. The van der Waals surface area contributed by atoms with E-state index in [-0.39, 0.29) is 5.75 Å². The highest BCUT2D eigenvalue weighted by molar-refractivity contribution is 7.89. The van der Waals surface area contributed by atoms with Gasteiger partial charge >= 0.3 is 0 Å². The van der Waals surface area contributed by atoms with E-state index in [4.69, 9.17) is 0 Å². The Morgan fingerprint density at radius 3 is 2.74 bits per heavy atom. The number of thiophene rings is 1. The topological polar surface area (TPSA) is 82.6 Å². The first-order valence-electron chi connectivity index (χ1n) is 7.91. The van der Waals surface area contributed by atoms with Crippen LogP contribution in [0.4, 0.5) is 0 Å². The second kappa shape index (κ2) is 10.6. The van der Waals surface area contributed by atoms with Crippen molar-refractivity contribution in [3.63, 3.8) is 0 Å². The second-order valence-electron chi connectivity index (χ2n) is 5.42. The third kappa shape index (κ3) is 8.92. The van der Waals surface area contributed by atoms with Crippen molar-refractivity contribution in [2.75, 3.05) is 32.4 Å². The van der Waals surface area contributed by atoms with E-state index < -0.39 is 10.0 Å². The first-order chi connectivity index (χ1) is 11.0. The van der Waals surface area contributed by atoms with Crippen LogP contribution in [0.25, 0.3) is 0 Å². The van der Waals surface area contributed by atoms with Crippen molar-refractivity contribution in [2.45, 2.75) is 26.7 Å². The van der Waals surface area contributed by atoms with Gasteiger partial charge in [-0.15, -0.1) is 11.3 Å². The highest BCUT2D eigenvalue weighted by Gasteiger charge is 2.07. The zero-order chi connectivity index (χ0) is 17.1. The fourth-order valence-corrected chi connectivity index (χ4v) is 3.49. The summed E-state index contributed by atoms with van der Waals surface area (Å²) in [7, 11) is -1.36. The van der Waals surface area contributed by atoms with Crippen LogP contribution in [0.1, 0.15) is 25.1 Å². The average molecular weight is 361 g/mol. The molecule has 0 amide bonds. The van der Waals surface area contributed by atoms with Gasteiger partial charge in [-0.25, -0.2) is 13.1 Å². The molecule has 1 atom stereocenters. The predicted molar refractivity (Wildman–Crippen MR) is 98.6 cm³/mol. The molecule has 0 aliphatic rings. The minimum Gasteiger partial charge on any atom is -0.356 e. The second-order valence-corrected chi connectivity index (χ2v) is 8.55. The Kier molecular flexibility index (Phi) is 9.20.